The molecule has 0 spiro atoms. The Morgan fingerprint density at radius 3 is 2.53 bits per heavy atom. The normalized spacial score (nSPS) is 24.4. The predicted octanol–water partition coefficient (Wildman–Crippen LogP) is 3.86. The van der Waals surface area contributed by atoms with Gasteiger partial charge in [-0.05, 0) is 31.7 Å². The smallest absolute Gasteiger partial charge is 0.338 e. The van der Waals surface area contributed by atoms with Crippen molar-refractivity contribution in [1.82, 2.24) is 9.80 Å². The fourth-order valence-corrected chi connectivity index (χ4v) is 5.68. The molecule has 1 saturated heterocycles. The number of rotatable bonds is 6. The lowest BCUT2D eigenvalue weighted by atomic mass is 9.92. The van der Waals surface area contributed by atoms with Gasteiger partial charge in [0.05, 0.1) is 50.2 Å². The summed E-state index contributed by atoms with van der Waals surface area (Å²) in [6.45, 7) is 7.05. The molecule has 4 rings (SSSR count). The summed E-state index contributed by atoms with van der Waals surface area (Å²) in [6, 6.07) is 7.11. The third kappa shape index (κ3) is 4.59. The number of hydrogen-bond donors (Lipinski definition) is 0. The van der Waals surface area contributed by atoms with Gasteiger partial charge in [0.1, 0.15) is 5.75 Å². The number of para-hydroxylation sites is 1. The number of hydrogen-bond acceptors (Lipinski definition) is 8. The summed E-state index contributed by atoms with van der Waals surface area (Å²) in [6.07, 6.45) is 0.766. The molecular formula is C25H31N3O5S. The monoisotopic (exact) mass is 485 g/mol. The first-order chi connectivity index (χ1) is 16.4. The molecule has 182 valence electrons. The summed E-state index contributed by atoms with van der Waals surface area (Å²) in [4.78, 5) is 35.0. The van der Waals surface area contributed by atoms with Crippen molar-refractivity contribution in [1.29, 1.82) is 0 Å². The van der Waals surface area contributed by atoms with Crippen LogP contribution in [0.1, 0.15) is 45.2 Å². The summed E-state index contributed by atoms with van der Waals surface area (Å²) in [5.74, 6) is 0.247. The molecule has 8 nitrogen and oxygen atoms in total. The minimum absolute atomic E-state index is 0.00551. The highest BCUT2D eigenvalue weighted by Gasteiger charge is 2.43. The molecule has 0 unspecified atom stereocenters. The number of amidine groups is 1. The number of morpholine rings is 1. The molecular weight excluding hydrogens is 454 g/mol. The third-order valence-electron chi connectivity index (χ3n) is 6.17. The molecule has 3 aliphatic rings. The number of thioether (sulfide) groups is 1. The molecule has 1 aromatic rings. The van der Waals surface area contributed by atoms with Crippen molar-refractivity contribution in [3.8, 4) is 5.75 Å². The van der Waals surface area contributed by atoms with Crippen LogP contribution in [-0.4, -0.2) is 66.4 Å². The average molecular weight is 486 g/mol. The van der Waals surface area contributed by atoms with Crippen LogP contribution in [0.25, 0.3) is 0 Å². The maximum atomic E-state index is 13.3. The van der Waals surface area contributed by atoms with Gasteiger partial charge in [-0.15, -0.1) is 0 Å². The van der Waals surface area contributed by atoms with Crippen molar-refractivity contribution in [2.24, 2.45) is 4.99 Å². The topological polar surface area (TPSA) is 80.7 Å². The molecule has 3 atom stereocenters. The Morgan fingerprint density at radius 1 is 1.18 bits per heavy atom. The number of methoxy groups -OCH3 is 2. The summed E-state index contributed by atoms with van der Waals surface area (Å²) >= 11 is 1.47. The van der Waals surface area contributed by atoms with Crippen LogP contribution in [-0.2, 0) is 19.1 Å². The first-order valence-corrected chi connectivity index (χ1v) is 12.4. The van der Waals surface area contributed by atoms with Gasteiger partial charge in [0.15, 0.2) is 5.17 Å². The second-order valence-electron chi connectivity index (χ2n) is 8.57. The number of carbonyl (C=O) groups excluding carboxylic acids is 2. The van der Waals surface area contributed by atoms with Gasteiger partial charge in [-0.1, -0.05) is 36.9 Å². The van der Waals surface area contributed by atoms with Gasteiger partial charge in [-0.25, -0.2) is 9.79 Å². The second kappa shape index (κ2) is 10.2. The standard InChI is InChI=1S/C25H31N3O5S/c1-6-19-22(24(30)32-5)23(18-9-7-8-10-20(18)31-4)28-17(14-34-25(28)26-19)11-21(29)27-12-15(2)33-16(3)13-27/h7-10,14-16,23H,6,11-13H2,1-5H3/t15-,16-,23-/m0/s1. The first-order valence-electron chi connectivity index (χ1n) is 11.5. The number of amides is 1. The minimum Gasteiger partial charge on any atom is -0.496 e. The Bertz CT molecular complexity index is 1060. The Kier molecular flexibility index (Phi) is 7.33. The Morgan fingerprint density at radius 2 is 1.88 bits per heavy atom. The van der Waals surface area contributed by atoms with Crippen LogP contribution in [0, 0.1) is 0 Å². The number of fused-ring (bicyclic) bond motifs is 1. The predicted molar refractivity (Wildman–Crippen MR) is 131 cm³/mol. The molecule has 1 fully saturated rings. The zero-order valence-electron chi connectivity index (χ0n) is 20.2. The maximum Gasteiger partial charge on any atom is 0.338 e. The molecule has 0 aromatic heterocycles. The molecule has 0 N–H and O–H groups in total. The SMILES string of the molecule is CCC1=C(C(=O)OC)[C@H](c2ccccc2OC)N2C(CC(=O)N3C[C@H](C)O[C@@H](C)C3)=CSC2=N1. The molecule has 1 aromatic carbocycles. The number of allylic oxidation sites excluding steroid dienone is 1. The lowest BCUT2D eigenvalue weighted by Gasteiger charge is -2.38. The van der Waals surface area contributed by atoms with E-state index in [4.69, 9.17) is 19.2 Å². The zero-order chi connectivity index (χ0) is 24.4. The van der Waals surface area contributed by atoms with E-state index in [0.717, 1.165) is 16.4 Å². The van der Waals surface area contributed by atoms with Crippen LogP contribution >= 0.6 is 11.8 Å². The Labute approximate surface area is 204 Å². The Hall–Kier alpha value is -2.78. The van der Waals surface area contributed by atoms with Crippen LogP contribution in [0.3, 0.4) is 0 Å². The van der Waals surface area contributed by atoms with E-state index in [9.17, 15) is 9.59 Å². The van der Waals surface area contributed by atoms with Gasteiger partial charge >= 0.3 is 5.97 Å². The average Bonchev–Trinajstić information content (AvgIpc) is 3.23. The molecule has 9 heteroatoms. The van der Waals surface area contributed by atoms with E-state index in [1.54, 1.807) is 7.11 Å². The van der Waals surface area contributed by atoms with Crippen LogP contribution in [0.5, 0.6) is 5.75 Å². The Balaban J connectivity index is 1.72. The van der Waals surface area contributed by atoms with Crippen molar-refractivity contribution in [3.05, 3.63) is 52.2 Å². The van der Waals surface area contributed by atoms with Crippen molar-refractivity contribution < 1.29 is 23.8 Å². The third-order valence-corrected chi connectivity index (χ3v) is 7.06. The highest BCUT2D eigenvalue weighted by atomic mass is 32.2. The molecule has 0 bridgehead atoms. The number of esters is 1. The quantitative estimate of drug-likeness (QED) is 0.566. The molecule has 3 heterocycles. The molecule has 34 heavy (non-hydrogen) atoms. The van der Waals surface area contributed by atoms with E-state index in [-0.39, 0.29) is 24.5 Å². The number of nitrogens with zero attached hydrogens (tertiary/aromatic N) is 3. The highest BCUT2D eigenvalue weighted by Crippen LogP contribution is 2.47. The first kappa shape index (κ1) is 24.3. The van der Waals surface area contributed by atoms with Gasteiger partial charge in [0, 0.05) is 24.4 Å². The van der Waals surface area contributed by atoms with Gasteiger partial charge in [0.25, 0.3) is 0 Å². The summed E-state index contributed by atoms with van der Waals surface area (Å²) in [5.41, 5.74) is 2.76. The van der Waals surface area contributed by atoms with Crippen molar-refractivity contribution in [2.45, 2.75) is 51.9 Å². The summed E-state index contributed by atoms with van der Waals surface area (Å²) < 4.78 is 16.6. The summed E-state index contributed by atoms with van der Waals surface area (Å²) in [7, 11) is 2.99. The molecule has 0 radical (unpaired) electrons. The zero-order valence-corrected chi connectivity index (χ0v) is 21.1. The second-order valence-corrected chi connectivity index (χ2v) is 9.41. The van der Waals surface area contributed by atoms with E-state index in [1.165, 1.54) is 18.9 Å². The molecule has 3 aliphatic heterocycles. The lowest BCUT2D eigenvalue weighted by molar-refractivity contribution is -0.142. The minimum atomic E-state index is -0.511. The van der Waals surface area contributed by atoms with Gasteiger partial charge in [-0.2, -0.15) is 0 Å². The van der Waals surface area contributed by atoms with E-state index in [2.05, 4.69) is 0 Å². The fourth-order valence-electron chi connectivity index (χ4n) is 4.75. The number of carbonyl (C=O) groups is 2. The van der Waals surface area contributed by atoms with E-state index < -0.39 is 12.0 Å². The lowest BCUT2D eigenvalue weighted by Crippen LogP contribution is -2.48. The van der Waals surface area contributed by atoms with Gasteiger partial charge in [-0.3, -0.25) is 4.79 Å². The van der Waals surface area contributed by atoms with Crippen LogP contribution in [0.4, 0.5) is 0 Å². The highest BCUT2D eigenvalue weighted by molar-refractivity contribution is 8.16. The number of aliphatic imine (C=N–C) groups is 1. The van der Waals surface area contributed by atoms with E-state index in [1.807, 2.05) is 60.2 Å². The van der Waals surface area contributed by atoms with E-state index in [0.29, 0.717) is 36.5 Å². The molecule has 0 aliphatic carbocycles. The fraction of sp³-hybridized carbons (Fsp3) is 0.480. The molecule has 1 amide bonds. The number of ether oxygens (including phenoxy) is 3. The maximum absolute atomic E-state index is 13.3. The summed E-state index contributed by atoms with van der Waals surface area (Å²) in [5, 5.41) is 2.70. The van der Waals surface area contributed by atoms with Crippen molar-refractivity contribution >= 4 is 28.8 Å². The van der Waals surface area contributed by atoms with Gasteiger partial charge < -0.3 is 24.0 Å². The largest absolute Gasteiger partial charge is 0.496 e. The van der Waals surface area contributed by atoms with Crippen LogP contribution < -0.4 is 4.74 Å². The van der Waals surface area contributed by atoms with Crippen LogP contribution in [0.2, 0.25) is 0 Å². The van der Waals surface area contributed by atoms with Crippen molar-refractivity contribution in [2.75, 3.05) is 27.3 Å². The van der Waals surface area contributed by atoms with Crippen molar-refractivity contribution in [3.63, 3.8) is 0 Å². The van der Waals surface area contributed by atoms with Gasteiger partial charge in [0.2, 0.25) is 5.91 Å². The molecule has 0 saturated carbocycles. The van der Waals surface area contributed by atoms with Crippen LogP contribution in [0.15, 0.2) is 51.6 Å². The number of benzene rings is 1. The van der Waals surface area contributed by atoms with E-state index >= 15 is 0 Å².